The molecule has 0 unspecified atom stereocenters. The summed E-state index contributed by atoms with van der Waals surface area (Å²) in [4.78, 5) is 0. The van der Waals surface area contributed by atoms with Crippen LogP contribution in [0.5, 0.6) is 0 Å². The Balaban J connectivity index is 2.84. The second-order valence-electron chi connectivity index (χ2n) is 3.35. The summed E-state index contributed by atoms with van der Waals surface area (Å²) >= 11 is 0. The first-order valence-electron chi connectivity index (χ1n) is 4.87. The van der Waals surface area contributed by atoms with Gasteiger partial charge in [-0.1, -0.05) is 35.4 Å². The number of hydrogen-bond donors (Lipinski definition) is 2. The van der Waals surface area contributed by atoms with Crippen molar-refractivity contribution in [2.45, 2.75) is 13.8 Å². The number of rotatable bonds is 9. The molecule has 0 heterocycles. The van der Waals surface area contributed by atoms with E-state index < -0.39 is 0 Å². The van der Waals surface area contributed by atoms with E-state index in [1.54, 1.807) is 0 Å². The van der Waals surface area contributed by atoms with Crippen LogP contribution in [0.15, 0.2) is 0 Å². The minimum Gasteiger partial charge on any atom is -0.319 e. The van der Waals surface area contributed by atoms with Gasteiger partial charge in [0.25, 0.3) is 0 Å². The van der Waals surface area contributed by atoms with Gasteiger partial charge in [0, 0.05) is 24.6 Å². The third-order valence-corrected chi connectivity index (χ3v) is 3.84. The Morgan fingerprint density at radius 3 is 2.23 bits per heavy atom. The fourth-order valence-corrected chi connectivity index (χ4v) is 2.72. The van der Waals surface area contributed by atoms with E-state index in [0.717, 1.165) is 25.6 Å². The van der Waals surface area contributed by atoms with Crippen LogP contribution >= 0.6 is 21.6 Å². The van der Waals surface area contributed by atoms with Crippen LogP contribution in [0.2, 0.25) is 0 Å². The van der Waals surface area contributed by atoms with Gasteiger partial charge in [-0.3, -0.25) is 0 Å². The predicted octanol–water partition coefficient (Wildman–Crippen LogP) is 1.83. The van der Waals surface area contributed by atoms with Crippen LogP contribution in [-0.2, 0) is 0 Å². The van der Waals surface area contributed by atoms with Crippen LogP contribution < -0.4 is 10.6 Å². The van der Waals surface area contributed by atoms with Crippen molar-refractivity contribution < 1.29 is 0 Å². The summed E-state index contributed by atoms with van der Waals surface area (Å²) in [6.45, 7) is 7.86. The molecule has 4 heteroatoms. The van der Waals surface area contributed by atoms with Gasteiger partial charge in [-0.25, -0.2) is 0 Å². The summed E-state index contributed by atoms with van der Waals surface area (Å²) in [5, 5.41) is 6.56. The molecule has 0 atom stereocenters. The highest BCUT2D eigenvalue weighted by molar-refractivity contribution is 8.76. The smallest absolute Gasteiger partial charge is 0.0162 e. The molecule has 2 N–H and O–H groups in total. The van der Waals surface area contributed by atoms with Crippen LogP contribution in [0, 0.1) is 5.92 Å². The first kappa shape index (κ1) is 13.6. The van der Waals surface area contributed by atoms with Crippen molar-refractivity contribution >= 4 is 21.6 Å². The number of hydrogen-bond acceptors (Lipinski definition) is 4. The van der Waals surface area contributed by atoms with E-state index >= 15 is 0 Å². The summed E-state index contributed by atoms with van der Waals surface area (Å²) in [6, 6.07) is 0. The topological polar surface area (TPSA) is 24.1 Å². The molecule has 0 spiro atoms. The van der Waals surface area contributed by atoms with Crippen molar-refractivity contribution in [3.8, 4) is 0 Å². The molecule has 0 aromatic heterocycles. The molecule has 80 valence electrons. The van der Waals surface area contributed by atoms with Gasteiger partial charge in [-0.15, -0.1) is 0 Å². The molecule has 0 aliphatic carbocycles. The van der Waals surface area contributed by atoms with E-state index in [0.29, 0.717) is 0 Å². The molecule has 0 bridgehead atoms. The van der Waals surface area contributed by atoms with Gasteiger partial charge in [0.1, 0.15) is 0 Å². The third-order valence-electron chi connectivity index (χ3n) is 1.43. The molecule has 2 nitrogen and oxygen atoms in total. The molecule has 0 radical (unpaired) electrons. The average Bonchev–Trinajstić information content (AvgIpc) is 2.09. The molecule has 13 heavy (non-hydrogen) atoms. The first-order valence-corrected chi connectivity index (χ1v) is 7.36. The SMILES string of the molecule is CNCCSSCCNCC(C)C. The van der Waals surface area contributed by atoms with Gasteiger partial charge in [-0.05, 0) is 19.5 Å². The largest absolute Gasteiger partial charge is 0.319 e. The quantitative estimate of drug-likeness (QED) is 0.459. The van der Waals surface area contributed by atoms with Crippen molar-refractivity contribution in [2.75, 3.05) is 38.2 Å². The molecule has 0 amide bonds. The van der Waals surface area contributed by atoms with Crippen LogP contribution in [-0.4, -0.2) is 38.2 Å². The minimum atomic E-state index is 0.766. The van der Waals surface area contributed by atoms with Crippen molar-refractivity contribution in [2.24, 2.45) is 5.92 Å². The van der Waals surface area contributed by atoms with Crippen molar-refractivity contribution in [1.82, 2.24) is 10.6 Å². The molecule has 0 aromatic rings. The van der Waals surface area contributed by atoms with E-state index in [-0.39, 0.29) is 0 Å². The Morgan fingerprint density at radius 1 is 1.08 bits per heavy atom. The molecule has 0 aromatic carbocycles. The van der Waals surface area contributed by atoms with Gasteiger partial charge >= 0.3 is 0 Å². The zero-order valence-electron chi connectivity index (χ0n) is 8.93. The number of nitrogens with one attached hydrogen (secondary N) is 2. The molecule has 0 rings (SSSR count). The molecule has 0 fully saturated rings. The second kappa shape index (κ2) is 10.7. The van der Waals surface area contributed by atoms with E-state index in [2.05, 4.69) is 24.5 Å². The molecule has 0 aliphatic heterocycles. The molecule has 0 aliphatic rings. The lowest BCUT2D eigenvalue weighted by molar-refractivity contribution is 0.568. The Morgan fingerprint density at radius 2 is 1.69 bits per heavy atom. The van der Waals surface area contributed by atoms with Gasteiger partial charge in [0.15, 0.2) is 0 Å². The summed E-state index contributed by atoms with van der Waals surface area (Å²) in [6.07, 6.45) is 0. The van der Waals surface area contributed by atoms with Crippen LogP contribution in [0.1, 0.15) is 13.8 Å². The monoisotopic (exact) mass is 222 g/mol. The normalized spacial score (nSPS) is 11.1. The fourth-order valence-electron chi connectivity index (χ4n) is 0.766. The van der Waals surface area contributed by atoms with Crippen LogP contribution in [0.4, 0.5) is 0 Å². The van der Waals surface area contributed by atoms with Crippen molar-refractivity contribution in [3.63, 3.8) is 0 Å². The summed E-state index contributed by atoms with van der Waals surface area (Å²) in [7, 11) is 5.91. The van der Waals surface area contributed by atoms with Crippen molar-refractivity contribution in [3.05, 3.63) is 0 Å². The maximum atomic E-state index is 3.43. The zero-order valence-corrected chi connectivity index (χ0v) is 10.6. The lowest BCUT2D eigenvalue weighted by Gasteiger charge is -2.06. The average molecular weight is 222 g/mol. The molecule has 0 saturated heterocycles. The van der Waals surface area contributed by atoms with Crippen molar-refractivity contribution in [1.29, 1.82) is 0 Å². The summed E-state index contributed by atoms with van der Waals surface area (Å²) in [5.74, 6) is 3.17. The van der Waals surface area contributed by atoms with Crippen LogP contribution in [0.25, 0.3) is 0 Å². The van der Waals surface area contributed by atoms with E-state index in [4.69, 9.17) is 0 Å². The predicted molar refractivity (Wildman–Crippen MR) is 66.6 cm³/mol. The molecular formula is C9H22N2S2. The van der Waals surface area contributed by atoms with Gasteiger partial charge in [-0.2, -0.15) is 0 Å². The van der Waals surface area contributed by atoms with Gasteiger partial charge in [0.05, 0.1) is 0 Å². The molecule has 0 saturated carbocycles. The standard InChI is InChI=1S/C9H22N2S2/c1-9(2)8-11-5-7-13-12-6-4-10-3/h9-11H,4-8H2,1-3H3. The highest BCUT2D eigenvalue weighted by Gasteiger charge is 1.93. The van der Waals surface area contributed by atoms with Gasteiger partial charge in [0.2, 0.25) is 0 Å². The highest BCUT2D eigenvalue weighted by Crippen LogP contribution is 2.18. The maximum absolute atomic E-state index is 3.43. The fraction of sp³-hybridized carbons (Fsp3) is 1.00. The Hall–Kier alpha value is 0.620. The highest BCUT2D eigenvalue weighted by atomic mass is 33.1. The summed E-state index contributed by atoms with van der Waals surface area (Å²) < 4.78 is 0. The third kappa shape index (κ3) is 12.6. The lowest BCUT2D eigenvalue weighted by atomic mass is 10.2. The van der Waals surface area contributed by atoms with E-state index in [9.17, 15) is 0 Å². The Kier molecular flexibility index (Phi) is 11.2. The van der Waals surface area contributed by atoms with Crippen LogP contribution in [0.3, 0.4) is 0 Å². The lowest BCUT2D eigenvalue weighted by Crippen LogP contribution is -2.21. The first-order chi connectivity index (χ1) is 6.27. The second-order valence-corrected chi connectivity index (χ2v) is 6.05. The van der Waals surface area contributed by atoms with E-state index in [1.807, 2.05) is 28.6 Å². The maximum Gasteiger partial charge on any atom is 0.0162 e. The summed E-state index contributed by atoms with van der Waals surface area (Å²) in [5.41, 5.74) is 0. The minimum absolute atomic E-state index is 0.766. The Bertz CT molecular complexity index is 99.6. The van der Waals surface area contributed by atoms with E-state index in [1.165, 1.54) is 11.5 Å². The zero-order chi connectivity index (χ0) is 9.94. The molecular weight excluding hydrogens is 200 g/mol. The Labute approximate surface area is 90.4 Å². The van der Waals surface area contributed by atoms with Gasteiger partial charge < -0.3 is 10.6 Å².